The summed E-state index contributed by atoms with van der Waals surface area (Å²) in [6.07, 6.45) is 49.7. The molecule has 2 aromatic rings. The average Bonchev–Trinajstić information content (AvgIpc) is 3.17. The summed E-state index contributed by atoms with van der Waals surface area (Å²) in [5.41, 5.74) is 1.64. The van der Waals surface area contributed by atoms with Crippen LogP contribution in [0.15, 0.2) is 115 Å². The minimum absolute atomic E-state index is 0.199. The van der Waals surface area contributed by atoms with Crippen molar-refractivity contribution in [3.05, 3.63) is 127 Å². The Hall–Kier alpha value is -4.64. The number of aromatic hydroxyl groups is 1. The highest BCUT2D eigenvalue weighted by Crippen LogP contribution is 2.26. The fourth-order valence-electron chi connectivity index (χ4n) is 5.73. The van der Waals surface area contributed by atoms with Gasteiger partial charge in [0.1, 0.15) is 17.2 Å². The maximum absolute atomic E-state index is 12.8. The number of phenols is 1. The van der Waals surface area contributed by atoms with E-state index >= 15 is 0 Å². The minimum atomic E-state index is -0.291. The van der Waals surface area contributed by atoms with Crippen LogP contribution in [-0.4, -0.2) is 17.0 Å². The van der Waals surface area contributed by atoms with Crippen LogP contribution in [-0.2, 0) is 9.59 Å². The first-order valence-electron chi connectivity index (χ1n) is 20.9. The van der Waals surface area contributed by atoms with Gasteiger partial charge in [0.15, 0.2) is 0 Å². The second-order valence-corrected chi connectivity index (χ2v) is 13.8. The van der Waals surface area contributed by atoms with Crippen LogP contribution in [0.2, 0.25) is 0 Å². The summed E-state index contributed by atoms with van der Waals surface area (Å²) in [5.74, 6) is 0.328. The van der Waals surface area contributed by atoms with E-state index in [1.165, 1.54) is 0 Å². The van der Waals surface area contributed by atoms with Gasteiger partial charge >= 0.3 is 11.9 Å². The number of carbonyl (C=O) groups excluding carboxylic acids is 2. The van der Waals surface area contributed by atoms with Crippen LogP contribution >= 0.6 is 0 Å². The zero-order chi connectivity index (χ0) is 39.4. The summed E-state index contributed by atoms with van der Waals surface area (Å²) in [5, 5.41) is 9.62. The second-order valence-electron chi connectivity index (χ2n) is 13.8. The summed E-state index contributed by atoms with van der Waals surface area (Å²) in [6, 6.07) is 12.0. The molecule has 0 aliphatic carbocycles. The van der Waals surface area contributed by atoms with E-state index < -0.39 is 0 Å². The maximum Gasteiger partial charge on any atom is 0.311 e. The SMILES string of the molecule is CC/C=C\C/C=C\C/C=C\CCCCCCCC(=O)Oc1cc(C=Cc2ccc(O)cc2)cc(OC(=O)CCCCCCC/C=C\C/C=C\C/C=C\CC)c1. The van der Waals surface area contributed by atoms with Gasteiger partial charge in [-0.25, -0.2) is 0 Å². The molecule has 0 aliphatic heterocycles. The van der Waals surface area contributed by atoms with Gasteiger partial charge in [0.25, 0.3) is 0 Å². The summed E-state index contributed by atoms with van der Waals surface area (Å²) in [4.78, 5) is 25.5. The Labute approximate surface area is 333 Å². The molecule has 55 heavy (non-hydrogen) atoms. The predicted octanol–water partition coefficient (Wildman–Crippen LogP) is 14.6. The monoisotopic (exact) mass is 749 g/mol. The first-order valence-corrected chi connectivity index (χ1v) is 20.9. The molecule has 0 unspecified atom stereocenters. The standard InChI is InChI=1S/C50H68O5/c1-3-5-7-9-11-13-15-17-19-21-23-25-27-29-31-33-49(52)54-47-41-45(36-35-44-37-39-46(51)40-38-44)42-48(43-47)55-50(53)34-32-30-28-26-24-22-20-18-16-14-12-10-8-6-4-2/h5-8,11-14,17-20,35-43,51H,3-4,9-10,15-16,21-34H2,1-2H3/b7-5-,8-6-,13-11-,14-12-,19-17-,20-18-,36-35?. The third-order valence-electron chi connectivity index (χ3n) is 8.79. The third kappa shape index (κ3) is 26.7. The van der Waals surface area contributed by atoms with Crippen LogP contribution in [0.4, 0.5) is 0 Å². The topological polar surface area (TPSA) is 72.8 Å². The van der Waals surface area contributed by atoms with Gasteiger partial charge in [0.05, 0.1) is 0 Å². The molecule has 0 aromatic heterocycles. The van der Waals surface area contributed by atoms with Gasteiger partial charge in [0, 0.05) is 18.9 Å². The number of allylic oxidation sites excluding steroid dienone is 12. The first kappa shape index (κ1) is 46.5. The van der Waals surface area contributed by atoms with E-state index in [2.05, 4.69) is 86.8 Å². The smallest absolute Gasteiger partial charge is 0.311 e. The Kier molecular flexibility index (Phi) is 27.7. The van der Waals surface area contributed by atoms with Gasteiger partial charge < -0.3 is 14.6 Å². The lowest BCUT2D eigenvalue weighted by atomic mass is 10.1. The molecule has 298 valence electrons. The Balaban J connectivity index is 1.74. The minimum Gasteiger partial charge on any atom is -0.508 e. The normalized spacial score (nSPS) is 12.3. The Bertz CT molecular complexity index is 1440. The largest absolute Gasteiger partial charge is 0.508 e. The van der Waals surface area contributed by atoms with Crippen molar-refractivity contribution in [2.24, 2.45) is 0 Å². The highest BCUT2D eigenvalue weighted by molar-refractivity contribution is 5.76. The van der Waals surface area contributed by atoms with E-state index in [0.29, 0.717) is 24.3 Å². The molecule has 1 N–H and O–H groups in total. The molecule has 0 radical (unpaired) electrons. The molecule has 5 heteroatoms. The quantitative estimate of drug-likeness (QED) is 0.0283. The van der Waals surface area contributed by atoms with E-state index in [0.717, 1.165) is 127 Å². The molecule has 2 rings (SSSR count). The molecule has 0 atom stereocenters. The molecule has 0 heterocycles. The molecule has 0 spiro atoms. The number of ether oxygens (including phenoxy) is 2. The average molecular weight is 749 g/mol. The van der Waals surface area contributed by atoms with Crippen molar-refractivity contribution in [2.45, 2.75) is 142 Å². The number of phenolic OH excluding ortho intramolecular Hbond substituents is 1. The predicted molar refractivity (Wildman–Crippen MR) is 233 cm³/mol. The number of rotatable bonds is 30. The van der Waals surface area contributed by atoms with Gasteiger partial charge in [-0.1, -0.05) is 150 Å². The molecular weight excluding hydrogens is 681 g/mol. The van der Waals surface area contributed by atoms with Crippen LogP contribution < -0.4 is 9.47 Å². The number of hydrogen-bond acceptors (Lipinski definition) is 5. The third-order valence-corrected chi connectivity index (χ3v) is 8.79. The number of unbranched alkanes of at least 4 members (excludes halogenated alkanes) is 10. The van der Waals surface area contributed by atoms with E-state index in [-0.39, 0.29) is 17.7 Å². The highest BCUT2D eigenvalue weighted by atomic mass is 16.5. The van der Waals surface area contributed by atoms with Crippen molar-refractivity contribution in [3.63, 3.8) is 0 Å². The van der Waals surface area contributed by atoms with Crippen molar-refractivity contribution in [2.75, 3.05) is 0 Å². The summed E-state index contributed by atoms with van der Waals surface area (Å²) < 4.78 is 11.5. The van der Waals surface area contributed by atoms with Gasteiger partial charge in [-0.15, -0.1) is 0 Å². The molecule has 0 saturated heterocycles. The van der Waals surface area contributed by atoms with E-state index in [1.807, 2.05) is 24.3 Å². The van der Waals surface area contributed by atoms with Crippen molar-refractivity contribution in [1.82, 2.24) is 0 Å². The fourth-order valence-corrected chi connectivity index (χ4v) is 5.73. The molecule has 0 saturated carbocycles. The van der Waals surface area contributed by atoms with Crippen molar-refractivity contribution >= 4 is 24.1 Å². The van der Waals surface area contributed by atoms with E-state index in [4.69, 9.17) is 9.47 Å². The van der Waals surface area contributed by atoms with Gasteiger partial charge in [-0.2, -0.15) is 0 Å². The number of carbonyl (C=O) groups is 2. The lowest BCUT2D eigenvalue weighted by molar-refractivity contribution is -0.135. The first-order chi connectivity index (χ1) is 27.0. The van der Waals surface area contributed by atoms with Crippen molar-refractivity contribution in [3.8, 4) is 17.2 Å². The van der Waals surface area contributed by atoms with E-state index in [1.54, 1.807) is 30.3 Å². The van der Waals surface area contributed by atoms with Crippen molar-refractivity contribution in [1.29, 1.82) is 0 Å². The Morgan fingerprint density at radius 1 is 0.473 bits per heavy atom. The lowest BCUT2D eigenvalue weighted by Gasteiger charge is -2.10. The van der Waals surface area contributed by atoms with Crippen LogP contribution in [0, 0.1) is 0 Å². The molecule has 0 amide bonds. The fraction of sp³-hybridized carbons (Fsp3) is 0.440. The van der Waals surface area contributed by atoms with Crippen LogP contribution in [0.25, 0.3) is 12.2 Å². The number of benzene rings is 2. The zero-order valence-electron chi connectivity index (χ0n) is 33.8. The van der Waals surface area contributed by atoms with Gasteiger partial charge in [-0.05, 0) is 112 Å². The van der Waals surface area contributed by atoms with Crippen LogP contribution in [0.5, 0.6) is 17.2 Å². The zero-order valence-corrected chi connectivity index (χ0v) is 33.8. The molecule has 0 aliphatic rings. The number of esters is 2. The molecule has 5 nitrogen and oxygen atoms in total. The molecule has 0 bridgehead atoms. The number of hydrogen-bond donors (Lipinski definition) is 1. The lowest BCUT2D eigenvalue weighted by Crippen LogP contribution is -2.10. The Morgan fingerprint density at radius 3 is 1.31 bits per heavy atom. The molecular formula is C50H68O5. The van der Waals surface area contributed by atoms with Gasteiger partial charge in [-0.3, -0.25) is 9.59 Å². The van der Waals surface area contributed by atoms with Crippen LogP contribution in [0.3, 0.4) is 0 Å². The van der Waals surface area contributed by atoms with Gasteiger partial charge in [0.2, 0.25) is 0 Å². The van der Waals surface area contributed by atoms with Crippen LogP contribution in [0.1, 0.15) is 153 Å². The maximum atomic E-state index is 12.8. The Morgan fingerprint density at radius 2 is 0.855 bits per heavy atom. The summed E-state index contributed by atoms with van der Waals surface area (Å²) in [7, 11) is 0. The van der Waals surface area contributed by atoms with E-state index in [9.17, 15) is 14.7 Å². The second kappa shape index (κ2) is 32.8. The highest BCUT2D eigenvalue weighted by Gasteiger charge is 2.11. The summed E-state index contributed by atoms with van der Waals surface area (Å²) in [6.45, 7) is 4.30. The summed E-state index contributed by atoms with van der Waals surface area (Å²) >= 11 is 0. The van der Waals surface area contributed by atoms with Crippen molar-refractivity contribution < 1.29 is 24.2 Å². The molecule has 0 fully saturated rings. The molecule has 2 aromatic carbocycles.